The number of likely N-dealkylation sites (tertiary alicyclic amines) is 2. The standard InChI is InChI=1S/C20H29N3O2S/c1-3-26-16(2)19(25)22-12-8-20(9-13-22)7-4-18(24)23(15-20)14-17-5-10-21-11-6-17/h5-6,10-11,16H,3-4,7-9,12-15H2,1-2H3. The minimum absolute atomic E-state index is 0.0465. The van der Waals surface area contributed by atoms with Crippen molar-refractivity contribution >= 4 is 23.6 Å². The van der Waals surface area contributed by atoms with Crippen LogP contribution in [0.1, 0.15) is 45.1 Å². The molecule has 1 unspecified atom stereocenters. The predicted molar refractivity (Wildman–Crippen MR) is 105 cm³/mol. The van der Waals surface area contributed by atoms with Crippen molar-refractivity contribution in [1.82, 2.24) is 14.8 Å². The Bertz CT molecular complexity index is 629. The number of piperidine rings is 2. The number of pyridine rings is 1. The molecular formula is C20H29N3O2S. The molecule has 2 saturated heterocycles. The van der Waals surface area contributed by atoms with Crippen LogP contribution in [-0.2, 0) is 16.1 Å². The van der Waals surface area contributed by atoms with Gasteiger partial charge in [-0.2, -0.15) is 0 Å². The smallest absolute Gasteiger partial charge is 0.235 e. The van der Waals surface area contributed by atoms with E-state index < -0.39 is 0 Å². The summed E-state index contributed by atoms with van der Waals surface area (Å²) < 4.78 is 0. The molecule has 5 nitrogen and oxygen atoms in total. The summed E-state index contributed by atoms with van der Waals surface area (Å²) in [7, 11) is 0. The lowest BCUT2D eigenvalue weighted by Crippen LogP contribution is -2.52. The first-order valence-corrected chi connectivity index (χ1v) is 10.6. The van der Waals surface area contributed by atoms with Crippen LogP contribution < -0.4 is 0 Å². The molecule has 142 valence electrons. The summed E-state index contributed by atoms with van der Waals surface area (Å²) in [4.78, 5) is 33.0. The number of carbonyl (C=O) groups is 2. The van der Waals surface area contributed by atoms with Gasteiger partial charge in [-0.05, 0) is 55.1 Å². The van der Waals surface area contributed by atoms with E-state index in [1.54, 1.807) is 24.2 Å². The van der Waals surface area contributed by atoms with Crippen molar-refractivity contribution in [2.24, 2.45) is 5.41 Å². The van der Waals surface area contributed by atoms with Crippen molar-refractivity contribution in [1.29, 1.82) is 0 Å². The zero-order chi connectivity index (χ0) is 18.6. The largest absolute Gasteiger partial charge is 0.342 e. The fourth-order valence-electron chi connectivity index (χ4n) is 4.14. The molecule has 0 bridgehead atoms. The van der Waals surface area contributed by atoms with E-state index in [1.165, 1.54) is 0 Å². The lowest BCUT2D eigenvalue weighted by atomic mass is 9.72. The predicted octanol–water partition coefficient (Wildman–Crippen LogP) is 2.95. The van der Waals surface area contributed by atoms with Gasteiger partial charge >= 0.3 is 0 Å². The van der Waals surface area contributed by atoms with Crippen molar-refractivity contribution in [3.63, 3.8) is 0 Å². The van der Waals surface area contributed by atoms with Gasteiger partial charge < -0.3 is 9.80 Å². The molecule has 0 saturated carbocycles. The SMILES string of the molecule is CCSC(C)C(=O)N1CCC2(CCC(=O)N(Cc3ccncc3)C2)CC1. The number of hydrogen-bond acceptors (Lipinski definition) is 4. The lowest BCUT2D eigenvalue weighted by Gasteiger charge is -2.47. The molecule has 2 amide bonds. The second kappa shape index (κ2) is 8.42. The first kappa shape index (κ1) is 19.2. The highest BCUT2D eigenvalue weighted by atomic mass is 32.2. The summed E-state index contributed by atoms with van der Waals surface area (Å²) >= 11 is 1.71. The summed E-state index contributed by atoms with van der Waals surface area (Å²) in [6.45, 7) is 7.23. The molecule has 2 aliphatic heterocycles. The van der Waals surface area contributed by atoms with E-state index in [-0.39, 0.29) is 22.5 Å². The third kappa shape index (κ3) is 4.40. The van der Waals surface area contributed by atoms with Crippen LogP contribution in [0.5, 0.6) is 0 Å². The molecule has 0 aliphatic carbocycles. The molecular weight excluding hydrogens is 346 g/mol. The summed E-state index contributed by atoms with van der Waals surface area (Å²) in [6.07, 6.45) is 7.14. The molecule has 1 spiro atoms. The van der Waals surface area contributed by atoms with Crippen LogP contribution >= 0.6 is 11.8 Å². The average Bonchev–Trinajstić information content (AvgIpc) is 2.66. The Morgan fingerprint density at radius 3 is 2.62 bits per heavy atom. The Morgan fingerprint density at radius 1 is 1.27 bits per heavy atom. The van der Waals surface area contributed by atoms with Crippen LogP contribution in [0.25, 0.3) is 0 Å². The molecule has 0 N–H and O–H groups in total. The minimum Gasteiger partial charge on any atom is -0.342 e. The molecule has 0 radical (unpaired) electrons. The maximum atomic E-state index is 12.6. The van der Waals surface area contributed by atoms with Gasteiger partial charge in [-0.15, -0.1) is 11.8 Å². The topological polar surface area (TPSA) is 53.5 Å². The quantitative estimate of drug-likeness (QED) is 0.794. The number of thioether (sulfide) groups is 1. The maximum Gasteiger partial charge on any atom is 0.235 e. The normalized spacial score (nSPS) is 21.1. The molecule has 1 atom stereocenters. The van der Waals surface area contributed by atoms with Gasteiger partial charge in [-0.1, -0.05) is 6.92 Å². The number of hydrogen-bond donors (Lipinski definition) is 0. The van der Waals surface area contributed by atoms with Gasteiger partial charge in [0.15, 0.2) is 0 Å². The van der Waals surface area contributed by atoms with Crippen LogP contribution in [0.4, 0.5) is 0 Å². The zero-order valence-corrected chi connectivity index (χ0v) is 16.6. The van der Waals surface area contributed by atoms with E-state index >= 15 is 0 Å². The van der Waals surface area contributed by atoms with Crippen molar-refractivity contribution in [2.45, 2.75) is 51.3 Å². The van der Waals surface area contributed by atoms with E-state index in [2.05, 4.69) is 11.9 Å². The van der Waals surface area contributed by atoms with Gasteiger partial charge in [0.2, 0.25) is 11.8 Å². The second-order valence-corrected chi connectivity index (χ2v) is 9.15. The Labute approximate surface area is 160 Å². The van der Waals surface area contributed by atoms with Crippen molar-refractivity contribution in [3.8, 4) is 0 Å². The fourth-order valence-corrected chi connectivity index (χ4v) is 4.93. The fraction of sp³-hybridized carbons (Fsp3) is 0.650. The summed E-state index contributed by atoms with van der Waals surface area (Å²) in [5, 5.41) is 0.0465. The zero-order valence-electron chi connectivity index (χ0n) is 15.8. The molecule has 0 aromatic carbocycles. The van der Waals surface area contributed by atoms with Crippen LogP contribution in [0.2, 0.25) is 0 Å². The highest BCUT2D eigenvalue weighted by molar-refractivity contribution is 8.00. The molecule has 6 heteroatoms. The molecule has 1 aromatic rings. The van der Waals surface area contributed by atoms with Gasteiger partial charge in [0.25, 0.3) is 0 Å². The number of aromatic nitrogens is 1. The third-order valence-electron chi connectivity index (χ3n) is 5.77. The average molecular weight is 376 g/mol. The van der Waals surface area contributed by atoms with E-state index in [0.29, 0.717) is 13.0 Å². The van der Waals surface area contributed by atoms with Crippen LogP contribution in [0.15, 0.2) is 24.5 Å². The molecule has 2 fully saturated rings. The van der Waals surface area contributed by atoms with Gasteiger partial charge in [-0.25, -0.2) is 0 Å². The second-order valence-electron chi connectivity index (χ2n) is 7.53. The van der Waals surface area contributed by atoms with Crippen molar-refractivity contribution in [3.05, 3.63) is 30.1 Å². The van der Waals surface area contributed by atoms with Crippen molar-refractivity contribution in [2.75, 3.05) is 25.4 Å². The summed E-state index contributed by atoms with van der Waals surface area (Å²) in [5.41, 5.74) is 1.31. The Morgan fingerprint density at radius 2 is 1.96 bits per heavy atom. The van der Waals surface area contributed by atoms with Crippen LogP contribution in [-0.4, -0.2) is 57.2 Å². The lowest BCUT2D eigenvalue weighted by molar-refractivity contribution is -0.142. The molecule has 3 heterocycles. The Balaban J connectivity index is 1.59. The minimum atomic E-state index is 0.0465. The van der Waals surface area contributed by atoms with Crippen LogP contribution in [0.3, 0.4) is 0 Å². The molecule has 1 aromatic heterocycles. The van der Waals surface area contributed by atoms with E-state index in [1.807, 2.05) is 28.9 Å². The first-order chi connectivity index (χ1) is 12.5. The maximum absolute atomic E-state index is 12.6. The van der Waals surface area contributed by atoms with E-state index in [0.717, 1.165) is 50.2 Å². The summed E-state index contributed by atoms with van der Waals surface area (Å²) in [6, 6.07) is 3.95. The van der Waals surface area contributed by atoms with Crippen LogP contribution in [0, 0.1) is 5.41 Å². The van der Waals surface area contributed by atoms with Gasteiger partial charge in [0, 0.05) is 45.0 Å². The summed E-state index contributed by atoms with van der Waals surface area (Å²) in [5.74, 6) is 1.49. The van der Waals surface area contributed by atoms with E-state index in [4.69, 9.17) is 0 Å². The molecule has 3 rings (SSSR count). The molecule has 2 aliphatic rings. The van der Waals surface area contributed by atoms with Crippen molar-refractivity contribution < 1.29 is 9.59 Å². The van der Waals surface area contributed by atoms with E-state index in [9.17, 15) is 9.59 Å². The highest BCUT2D eigenvalue weighted by Gasteiger charge is 2.42. The van der Waals surface area contributed by atoms with Gasteiger partial charge in [0.05, 0.1) is 5.25 Å². The molecule has 26 heavy (non-hydrogen) atoms. The first-order valence-electron chi connectivity index (χ1n) is 9.60. The Kier molecular flexibility index (Phi) is 6.22. The number of amides is 2. The third-order valence-corrected chi connectivity index (χ3v) is 6.81. The monoisotopic (exact) mass is 375 g/mol. The highest BCUT2D eigenvalue weighted by Crippen LogP contribution is 2.40. The number of carbonyl (C=O) groups excluding carboxylic acids is 2. The Hall–Kier alpha value is -1.56. The van der Waals surface area contributed by atoms with Gasteiger partial charge in [0.1, 0.15) is 0 Å². The van der Waals surface area contributed by atoms with Gasteiger partial charge in [-0.3, -0.25) is 14.6 Å². The number of nitrogens with zero attached hydrogens (tertiary/aromatic N) is 3. The number of rotatable bonds is 5.